The number of benzene rings is 2. The Balaban J connectivity index is 2.24. The van der Waals surface area contributed by atoms with Gasteiger partial charge in [0.1, 0.15) is 11.5 Å². The van der Waals surface area contributed by atoms with Crippen molar-refractivity contribution in [1.82, 2.24) is 0 Å². The van der Waals surface area contributed by atoms with E-state index < -0.39 is 16.0 Å². The van der Waals surface area contributed by atoms with Crippen molar-refractivity contribution in [2.24, 2.45) is 0 Å². The molecule has 0 fully saturated rings. The molecule has 0 unspecified atom stereocenters. The molecule has 0 aliphatic heterocycles. The third kappa shape index (κ3) is 4.66. The van der Waals surface area contributed by atoms with E-state index in [1.807, 2.05) is 0 Å². The summed E-state index contributed by atoms with van der Waals surface area (Å²) in [7, 11) is -1.00. The van der Waals surface area contributed by atoms with Crippen LogP contribution in [0.1, 0.15) is 11.1 Å². The van der Waals surface area contributed by atoms with E-state index in [1.165, 1.54) is 20.3 Å². The number of carbonyl (C=O) groups excluding carboxylic acids is 1. The molecule has 0 amide bonds. The molecule has 0 bridgehead atoms. The SMILES string of the molecule is COC(=O)COc1cccc(NS(=O)(=O)c2cc(C)c(OC)cc2C)c1. The number of esters is 1. The van der Waals surface area contributed by atoms with Gasteiger partial charge in [-0.25, -0.2) is 13.2 Å². The maximum absolute atomic E-state index is 12.7. The van der Waals surface area contributed by atoms with Crippen LogP contribution in [0.5, 0.6) is 11.5 Å². The molecular weight excluding hydrogens is 358 g/mol. The van der Waals surface area contributed by atoms with Crippen LogP contribution < -0.4 is 14.2 Å². The maximum atomic E-state index is 12.7. The Bertz CT molecular complexity index is 908. The first-order valence-electron chi connectivity index (χ1n) is 7.74. The smallest absolute Gasteiger partial charge is 0.343 e. The zero-order valence-corrected chi connectivity index (χ0v) is 15.8. The highest BCUT2D eigenvalue weighted by atomic mass is 32.2. The molecule has 2 aromatic rings. The average molecular weight is 379 g/mol. The Morgan fingerprint density at radius 1 is 1.08 bits per heavy atom. The molecule has 0 saturated carbocycles. The molecule has 2 aromatic carbocycles. The van der Waals surface area contributed by atoms with Crippen LogP contribution in [-0.4, -0.2) is 35.2 Å². The summed E-state index contributed by atoms with van der Waals surface area (Å²) < 4.78 is 43.0. The Hall–Kier alpha value is -2.74. The largest absolute Gasteiger partial charge is 0.496 e. The summed E-state index contributed by atoms with van der Waals surface area (Å²) in [5.74, 6) is 0.443. The Kier molecular flexibility index (Phi) is 6.10. The lowest BCUT2D eigenvalue weighted by Crippen LogP contribution is -2.15. The monoisotopic (exact) mass is 379 g/mol. The van der Waals surface area contributed by atoms with E-state index in [1.54, 1.807) is 44.2 Å². The van der Waals surface area contributed by atoms with Crippen LogP contribution >= 0.6 is 0 Å². The minimum atomic E-state index is -3.80. The standard InChI is InChI=1S/C18H21NO6S/c1-12-9-17(13(2)8-16(12)23-3)26(21,22)19-14-6-5-7-15(10-14)25-11-18(20)24-4/h5-10,19H,11H2,1-4H3. The molecule has 0 atom stereocenters. The van der Waals surface area contributed by atoms with Gasteiger partial charge in [0.25, 0.3) is 10.0 Å². The third-order valence-electron chi connectivity index (χ3n) is 3.65. The van der Waals surface area contributed by atoms with Crippen LogP contribution in [0.15, 0.2) is 41.3 Å². The van der Waals surface area contributed by atoms with E-state index in [-0.39, 0.29) is 11.5 Å². The summed E-state index contributed by atoms with van der Waals surface area (Å²) in [6.07, 6.45) is 0. The molecule has 8 heteroatoms. The summed E-state index contributed by atoms with van der Waals surface area (Å²) in [5, 5.41) is 0. The molecular formula is C18H21NO6S. The van der Waals surface area contributed by atoms with Crippen LogP contribution in [0.3, 0.4) is 0 Å². The van der Waals surface area contributed by atoms with Gasteiger partial charge >= 0.3 is 5.97 Å². The second kappa shape index (κ2) is 8.09. The van der Waals surface area contributed by atoms with Gasteiger partial charge in [0.2, 0.25) is 0 Å². The molecule has 26 heavy (non-hydrogen) atoms. The van der Waals surface area contributed by atoms with Gasteiger partial charge in [-0.1, -0.05) is 6.07 Å². The summed E-state index contributed by atoms with van der Waals surface area (Å²) in [5.41, 5.74) is 1.60. The number of nitrogens with one attached hydrogen (secondary N) is 1. The Labute approximate surface area is 152 Å². The van der Waals surface area contributed by atoms with Gasteiger partial charge < -0.3 is 14.2 Å². The molecule has 0 saturated heterocycles. The van der Waals surface area contributed by atoms with Gasteiger partial charge in [-0.3, -0.25) is 4.72 Å². The molecule has 0 aromatic heterocycles. The highest BCUT2D eigenvalue weighted by Gasteiger charge is 2.19. The van der Waals surface area contributed by atoms with E-state index >= 15 is 0 Å². The number of rotatable bonds is 7. The van der Waals surface area contributed by atoms with E-state index in [4.69, 9.17) is 9.47 Å². The van der Waals surface area contributed by atoms with Crippen molar-refractivity contribution in [3.8, 4) is 11.5 Å². The van der Waals surface area contributed by atoms with E-state index in [0.29, 0.717) is 28.3 Å². The van der Waals surface area contributed by atoms with Crippen LogP contribution in [-0.2, 0) is 19.6 Å². The molecule has 0 aliphatic carbocycles. The predicted molar refractivity (Wildman–Crippen MR) is 97.2 cm³/mol. The second-order valence-corrected chi connectivity index (χ2v) is 7.24. The van der Waals surface area contributed by atoms with E-state index in [9.17, 15) is 13.2 Å². The minimum Gasteiger partial charge on any atom is -0.496 e. The average Bonchev–Trinajstić information content (AvgIpc) is 2.61. The van der Waals surface area contributed by atoms with Gasteiger partial charge in [-0.05, 0) is 49.2 Å². The molecule has 2 rings (SSSR count). The summed E-state index contributed by atoms with van der Waals surface area (Å²) in [6, 6.07) is 9.56. The van der Waals surface area contributed by atoms with E-state index in [0.717, 1.165) is 0 Å². The summed E-state index contributed by atoms with van der Waals surface area (Å²) >= 11 is 0. The van der Waals surface area contributed by atoms with Crippen LogP contribution in [0, 0.1) is 13.8 Å². The number of methoxy groups -OCH3 is 2. The first kappa shape index (κ1) is 19.6. The molecule has 1 N–H and O–H groups in total. The van der Waals surface area contributed by atoms with Crippen molar-refractivity contribution in [2.45, 2.75) is 18.7 Å². The molecule has 0 aliphatic rings. The third-order valence-corrected chi connectivity index (χ3v) is 5.18. The van der Waals surface area contributed by atoms with Crippen molar-refractivity contribution in [3.63, 3.8) is 0 Å². The summed E-state index contributed by atoms with van der Waals surface area (Å²) in [4.78, 5) is 11.3. The Morgan fingerprint density at radius 3 is 2.46 bits per heavy atom. The zero-order valence-electron chi connectivity index (χ0n) is 15.0. The normalized spacial score (nSPS) is 10.9. The highest BCUT2D eigenvalue weighted by molar-refractivity contribution is 7.92. The topological polar surface area (TPSA) is 90.9 Å². The number of hydrogen-bond donors (Lipinski definition) is 1. The predicted octanol–water partition coefficient (Wildman–Crippen LogP) is 2.66. The number of carbonyl (C=O) groups is 1. The first-order chi connectivity index (χ1) is 12.3. The van der Waals surface area contributed by atoms with Gasteiger partial charge in [0.05, 0.1) is 24.8 Å². The number of aryl methyl sites for hydroxylation is 2. The lowest BCUT2D eigenvalue weighted by Gasteiger charge is -2.14. The van der Waals surface area contributed by atoms with Crippen molar-refractivity contribution >= 4 is 21.7 Å². The van der Waals surface area contributed by atoms with Crippen molar-refractivity contribution in [1.29, 1.82) is 0 Å². The van der Waals surface area contributed by atoms with Crippen LogP contribution in [0.2, 0.25) is 0 Å². The van der Waals surface area contributed by atoms with Crippen molar-refractivity contribution in [2.75, 3.05) is 25.5 Å². The number of ether oxygens (including phenoxy) is 3. The fourth-order valence-electron chi connectivity index (χ4n) is 2.33. The number of sulfonamides is 1. The summed E-state index contributed by atoms with van der Waals surface area (Å²) in [6.45, 7) is 3.22. The number of hydrogen-bond acceptors (Lipinski definition) is 6. The van der Waals surface area contributed by atoms with Crippen LogP contribution in [0.25, 0.3) is 0 Å². The zero-order chi connectivity index (χ0) is 19.3. The lowest BCUT2D eigenvalue weighted by molar-refractivity contribution is -0.142. The quantitative estimate of drug-likeness (QED) is 0.744. The lowest BCUT2D eigenvalue weighted by atomic mass is 10.1. The first-order valence-corrected chi connectivity index (χ1v) is 9.23. The number of anilines is 1. The fourth-order valence-corrected chi connectivity index (χ4v) is 3.70. The minimum absolute atomic E-state index is 0.164. The van der Waals surface area contributed by atoms with Crippen LogP contribution in [0.4, 0.5) is 5.69 Å². The fraction of sp³-hybridized carbons (Fsp3) is 0.278. The van der Waals surface area contributed by atoms with Gasteiger partial charge in [-0.2, -0.15) is 0 Å². The molecule has 0 radical (unpaired) electrons. The van der Waals surface area contributed by atoms with Gasteiger partial charge in [0, 0.05) is 6.07 Å². The second-order valence-electron chi connectivity index (χ2n) is 5.59. The molecule has 0 heterocycles. The molecule has 140 valence electrons. The molecule has 0 spiro atoms. The van der Waals surface area contributed by atoms with Gasteiger partial charge in [-0.15, -0.1) is 0 Å². The van der Waals surface area contributed by atoms with Crippen molar-refractivity contribution in [3.05, 3.63) is 47.5 Å². The Morgan fingerprint density at radius 2 is 1.81 bits per heavy atom. The van der Waals surface area contributed by atoms with Gasteiger partial charge in [0.15, 0.2) is 6.61 Å². The maximum Gasteiger partial charge on any atom is 0.343 e. The molecule has 7 nitrogen and oxygen atoms in total. The highest BCUT2D eigenvalue weighted by Crippen LogP contribution is 2.27. The van der Waals surface area contributed by atoms with Crippen molar-refractivity contribution < 1.29 is 27.4 Å². The van der Waals surface area contributed by atoms with E-state index in [2.05, 4.69) is 9.46 Å².